The molecule has 0 N–H and O–H groups in total. The number of benzene rings is 1. The summed E-state index contributed by atoms with van der Waals surface area (Å²) >= 11 is 7.38. The Kier molecular flexibility index (Phi) is 5.98. The Morgan fingerprint density at radius 2 is 2.31 bits per heavy atom. The molecule has 0 heterocycles. The van der Waals surface area contributed by atoms with Crippen molar-refractivity contribution in [1.82, 2.24) is 0 Å². The predicted molar refractivity (Wildman–Crippen MR) is 72.0 cm³/mol. The van der Waals surface area contributed by atoms with E-state index >= 15 is 0 Å². The van der Waals surface area contributed by atoms with E-state index in [0.717, 1.165) is 28.9 Å². The van der Waals surface area contributed by atoms with Crippen molar-refractivity contribution in [3.05, 3.63) is 58.5 Å². The van der Waals surface area contributed by atoms with Gasteiger partial charge in [0.1, 0.15) is 6.29 Å². The topological polar surface area (TPSA) is 17.1 Å². The summed E-state index contributed by atoms with van der Waals surface area (Å²) < 4.78 is 0. The summed E-state index contributed by atoms with van der Waals surface area (Å²) in [7, 11) is 0. The van der Waals surface area contributed by atoms with Gasteiger partial charge in [-0.2, -0.15) is 0 Å². The molecule has 1 aromatic carbocycles. The maximum absolute atomic E-state index is 10.2. The van der Waals surface area contributed by atoms with E-state index in [1.165, 1.54) is 11.8 Å². The first kappa shape index (κ1) is 13.1. The van der Waals surface area contributed by atoms with Crippen LogP contribution in [0, 0.1) is 0 Å². The summed E-state index contributed by atoms with van der Waals surface area (Å²) in [6, 6.07) is 7.73. The molecule has 1 rings (SSSR count). The van der Waals surface area contributed by atoms with Crippen molar-refractivity contribution in [3.63, 3.8) is 0 Å². The molecule has 1 nitrogen and oxygen atoms in total. The second-order valence-electron chi connectivity index (χ2n) is 3.20. The molecule has 16 heavy (non-hydrogen) atoms. The lowest BCUT2D eigenvalue weighted by Crippen LogP contribution is -1.87. The largest absolute Gasteiger partial charge is 0.302 e. The number of allylic oxidation sites excluding steroid dienone is 2. The van der Waals surface area contributed by atoms with E-state index in [2.05, 4.69) is 6.58 Å². The highest BCUT2D eigenvalue weighted by atomic mass is 35.5. The molecule has 1 aromatic rings. The lowest BCUT2D eigenvalue weighted by molar-refractivity contribution is -0.105. The Morgan fingerprint density at radius 3 is 2.94 bits per heavy atom. The van der Waals surface area contributed by atoms with Gasteiger partial charge in [-0.1, -0.05) is 36.4 Å². The molecule has 0 aliphatic heterocycles. The number of hydrogen-bond donors (Lipinski definition) is 0. The van der Waals surface area contributed by atoms with Crippen LogP contribution in [0.3, 0.4) is 0 Å². The summed E-state index contributed by atoms with van der Waals surface area (Å²) in [5.74, 6) is 0.479. The number of aldehydes is 1. The molecule has 0 radical (unpaired) electrons. The average Bonchev–Trinajstić information content (AvgIpc) is 2.28. The Labute approximate surface area is 105 Å². The van der Waals surface area contributed by atoms with E-state index in [0.29, 0.717) is 5.75 Å². The van der Waals surface area contributed by atoms with Gasteiger partial charge in [0, 0.05) is 5.02 Å². The van der Waals surface area contributed by atoms with Crippen LogP contribution in [-0.4, -0.2) is 12.0 Å². The van der Waals surface area contributed by atoms with Crippen molar-refractivity contribution in [2.24, 2.45) is 0 Å². The minimum absolute atomic E-state index is 0.479. The summed E-state index contributed by atoms with van der Waals surface area (Å²) in [4.78, 5) is 10.2. The van der Waals surface area contributed by atoms with Gasteiger partial charge in [-0.25, -0.2) is 0 Å². The Balaban J connectivity index is 2.66. The Bertz CT molecular complexity index is 399. The van der Waals surface area contributed by atoms with Gasteiger partial charge in [-0.3, -0.25) is 0 Å². The molecular formula is C13H13ClOS. The van der Waals surface area contributed by atoms with Gasteiger partial charge >= 0.3 is 0 Å². The molecule has 0 spiro atoms. The lowest BCUT2D eigenvalue weighted by atomic mass is 10.1. The van der Waals surface area contributed by atoms with E-state index in [1.807, 2.05) is 29.7 Å². The van der Waals surface area contributed by atoms with Crippen molar-refractivity contribution >= 4 is 29.6 Å². The zero-order valence-corrected chi connectivity index (χ0v) is 10.4. The first-order valence-corrected chi connectivity index (χ1v) is 6.30. The zero-order chi connectivity index (χ0) is 11.8. The molecule has 84 valence electrons. The van der Waals surface area contributed by atoms with Crippen molar-refractivity contribution in [3.8, 4) is 0 Å². The molecule has 0 saturated carbocycles. The van der Waals surface area contributed by atoms with E-state index in [1.54, 1.807) is 6.08 Å². The number of carbonyl (C=O) groups is 1. The monoisotopic (exact) mass is 252 g/mol. The fraction of sp³-hybridized carbons (Fsp3) is 0.154. The van der Waals surface area contributed by atoms with Gasteiger partial charge in [0.05, 0.1) is 5.75 Å². The minimum Gasteiger partial charge on any atom is -0.302 e. The van der Waals surface area contributed by atoms with E-state index in [-0.39, 0.29) is 0 Å². The van der Waals surface area contributed by atoms with Crippen LogP contribution < -0.4 is 0 Å². The highest BCUT2D eigenvalue weighted by Gasteiger charge is 1.97. The first-order valence-electron chi connectivity index (χ1n) is 4.87. The molecule has 0 aromatic heterocycles. The minimum atomic E-state index is 0.479. The van der Waals surface area contributed by atoms with Crippen molar-refractivity contribution in [1.29, 1.82) is 0 Å². The van der Waals surface area contributed by atoms with Crippen LogP contribution >= 0.6 is 23.4 Å². The van der Waals surface area contributed by atoms with Crippen LogP contribution in [0.4, 0.5) is 0 Å². The second-order valence-corrected chi connectivity index (χ2v) is 4.54. The second kappa shape index (κ2) is 7.31. The van der Waals surface area contributed by atoms with Gasteiger partial charge in [0.25, 0.3) is 0 Å². The highest BCUT2D eigenvalue weighted by Crippen LogP contribution is 2.16. The molecule has 0 amide bonds. The molecule has 0 aliphatic rings. The fourth-order valence-electron chi connectivity index (χ4n) is 1.24. The van der Waals surface area contributed by atoms with E-state index < -0.39 is 0 Å². The molecule has 0 aliphatic carbocycles. The molecule has 0 fully saturated rings. The molecule has 0 bridgehead atoms. The van der Waals surface area contributed by atoms with Crippen LogP contribution in [0.15, 0.2) is 47.9 Å². The standard InChI is InChI=1S/C13H13ClOS/c1-2-11(10-16-7-6-15)8-12-4-3-5-13(14)9-12/h2-6,9-10H,1,7-8H2/b11-10+. The molecule has 3 heteroatoms. The van der Waals surface area contributed by atoms with Gasteiger partial charge in [0.15, 0.2) is 0 Å². The zero-order valence-electron chi connectivity index (χ0n) is 8.86. The van der Waals surface area contributed by atoms with Crippen LogP contribution in [0.5, 0.6) is 0 Å². The quantitative estimate of drug-likeness (QED) is 0.434. The number of carbonyl (C=O) groups excluding carboxylic acids is 1. The van der Waals surface area contributed by atoms with Crippen LogP contribution in [0.2, 0.25) is 5.02 Å². The summed E-state index contributed by atoms with van der Waals surface area (Å²) in [6.45, 7) is 3.76. The summed E-state index contributed by atoms with van der Waals surface area (Å²) in [6.07, 6.45) is 3.48. The van der Waals surface area contributed by atoms with E-state index in [4.69, 9.17) is 11.6 Å². The Hall–Kier alpha value is -0.990. The maximum atomic E-state index is 10.2. The molecule has 0 saturated heterocycles. The van der Waals surface area contributed by atoms with Gasteiger partial charge < -0.3 is 4.79 Å². The third-order valence-corrected chi connectivity index (χ3v) is 2.99. The van der Waals surface area contributed by atoms with Crippen LogP contribution in [-0.2, 0) is 11.2 Å². The van der Waals surface area contributed by atoms with Gasteiger partial charge in [-0.05, 0) is 35.1 Å². The third-order valence-electron chi connectivity index (χ3n) is 1.96. The van der Waals surface area contributed by atoms with Crippen molar-refractivity contribution in [2.45, 2.75) is 6.42 Å². The van der Waals surface area contributed by atoms with Crippen LogP contribution in [0.25, 0.3) is 0 Å². The van der Waals surface area contributed by atoms with Crippen molar-refractivity contribution in [2.75, 3.05) is 5.75 Å². The maximum Gasteiger partial charge on any atom is 0.130 e. The normalized spacial score (nSPS) is 11.2. The third kappa shape index (κ3) is 4.69. The summed E-state index contributed by atoms with van der Waals surface area (Å²) in [5, 5.41) is 2.70. The smallest absolute Gasteiger partial charge is 0.130 e. The molecule has 0 unspecified atom stereocenters. The first-order chi connectivity index (χ1) is 7.76. The van der Waals surface area contributed by atoms with E-state index in [9.17, 15) is 4.79 Å². The molecular weight excluding hydrogens is 240 g/mol. The van der Waals surface area contributed by atoms with Gasteiger partial charge in [0.2, 0.25) is 0 Å². The fourth-order valence-corrected chi connectivity index (χ4v) is 2.02. The average molecular weight is 253 g/mol. The highest BCUT2D eigenvalue weighted by molar-refractivity contribution is 8.02. The number of halogens is 1. The van der Waals surface area contributed by atoms with Crippen molar-refractivity contribution < 1.29 is 4.79 Å². The number of rotatable bonds is 6. The van der Waals surface area contributed by atoms with Crippen LogP contribution in [0.1, 0.15) is 5.56 Å². The predicted octanol–water partition coefficient (Wildman–Crippen LogP) is 3.88. The van der Waals surface area contributed by atoms with Gasteiger partial charge in [-0.15, -0.1) is 11.8 Å². The SMILES string of the molecule is C=C/C(=C\SCC=O)Cc1cccc(Cl)c1. The summed E-state index contributed by atoms with van der Waals surface area (Å²) in [5.41, 5.74) is 2.24. The molecule has 0 atom stereocenters. The lowest BCUT2D eigenvalue weighted by Gasteiger charge is -2.02. The Morgan fingerprint density at radius 1 is 1.50 bits per heavy atom. The number of hydrogen-bond acceptors (Lipinski definition) is 2. The number of thioether (sulfide) groups is 1.